The molecular formula is C29H27N7O. The quantitative estimate of drug-likeness (QED) is 0.276. The molecule has 2 N–H and O–H groups in total. The van der Waals surface area contributed by atoms with E-state index in [1.54, 1.807) is 12.3 Å². The van der Waals surface area contributed by atoms with Crippen molar-refractivity contribution in [2.45, 2.75) is 0 Å². The molecular weight excluding hydrogens is 462 g/mol. The maximum atomic E-state index is 11.9. The first-order valence-electron chi connectivity index (χ1n) is 12.1. The molecule has 0 bridgehead atoms. The second-order valence-electron chi connectivity index (χ2n) is 8.91. The second kappa shape index (κ2) is 10.5. The Morgan fingerprint density at radius 3 is 2.49 bits per heavy atom. The number of para-hydroxylation sites is 2. The first-order chi connectivity index (χ1) is 18.1. The van der Waals surface area contributed by atoms with E-state index in [0.717, 1.165) is 42.8 Å². The van der Waals surface area contributed by atoms with E-state index in [-0.39, 0.29) is 5.91 Å². The molecule has 1 amide bonds. The first-order valence-corrected chi connectivity index (χ1v) is 12.1. The van der Waals surface area contributed by atoms with Crippen LogP contribution in [0.25, 0.3) is 26.9 Å². The number of amides is 1. The van der Waals surface area contributed by atoms with Gasteiger partial charge in [0.1, 0.15) is 0 Å². The molecule has 0 radical (unpaired) electrons. The number of nitrogens with one attached hydrogen (secondary N) is 2. The van der Waals surface area contributed by atoms with Crippen LogP contribution < -0.4 is 15.5 Å². The number of anilines is 4. The zero-order chi connectivity index (χ0) is 25.8. The highest BCUT2D eigenvalue weighted by Crippen LogP contribution is 2.39. The van der Waals surface area contributed by atoms with Gasteiger partial charge in [-0.2, -0.15) is 0 Å². The third-order valence-electron chi connectivity index (χ3n) is 6.48. The molecule has 4 aromatic rings. The van der Waals surface area contributed by atoms with Crippen molar-refractivity contribution in [2.75, 3.05) is 48.8 Å². The number of nitrogens with zero attached hydrogens (tertiary/aromatic N) is 5. The zero-order valence-corrected chi connectivity index (χ0v) is 20.6. The molecule has 184 valence electrons. The molecule has 3 aromatic carbocycles. The number of piperazine rings is 1. The number of aromatic nitrogens is 2. The van der Waals surface area contributed by atoms with Gasteiger partial charge in [-0.15, -0.1) is 0 Å². The number of rotatable bonds is 6. The van der Waals surface area contributed by atoms with E-state index in [4.69, 9.17) is 11.6 Å². The predicted octanol–water partition coefficient (Wildman–Crippen LogP) is 5.47. The lowest BCUT2D eigenvalue weighted by Crippen LogP contribution is -2.44. The Morgan fingerprint density at radius 1 is 1.03 bits per heavy atom. The number of benzene rings is 3. The van der Waals surface area contributed by atoms with Crippen LogP contribution in [0.3, 0.4) is 0 Å². The molecule has 0 saturated carbocycles. The third-order valence-corrected chi connectivity index (χ3v) is 6.48. The van der Waals surface area contributed by atoms with E-state index in [0.29, 0.717) is 28.4 Å². The summed E-state index contributed by atoms with van der Waals surface area (Å²) in [5.74, 6) is 0.0974. The van der Waals surface area contributed by atoms with Crippen molar-refractivity contribution in [3.05, 3.63) is 90.9 Å². The Morgan fingerprint density at radius 2 is 1.76 bits per heavy atom. The molecule has 1 aliphatic heterocycles. The summed E-state index contributed by atoms with van der Waals surface area (Å²) in [4.78, 5) is 29.6. The topological polar surface area (TPSA) is 77.8 Å². The van der Waals surface area contributed by atoms with E-state index < -0.39 is 0 Å². The van der Waals surface area contributed by atoms with Gasteiger partial charge >= 0.3 is 0 Å². The van der Waals surface area contributed by atoms with Crippen molar-refractivity contribution in [3.63, 3.8) is 0 Å². The fourth-order valence-corrected chi connectivity index (χ4v) is 4.45. The van der Waals surface area contributed by atoms with E-state index >= 15 is 0 Å². The largest absolute Gasteiger partial charge is 0.369 e. The van der Waals surface area contributed by atoms with Crippen LogP contribution in [0.2, 0.25) is 0 Å². The van der Waals surface area contributed by atoms with Crippen LogP contribution in [-0.4, -0.2) is 54.0 Å². The van der Waals surface area contributed by atoms with E-state index in [1.165, 1.54) is 11.8 Å². The summed E-state index contributed by atoms with van der Waals surface area (Å²) in [6.45, 7) is 15.4. The van der Waals surface area contributed by atoms with Gasteiger partial charge in [-0.05, 0) is 54.6 Å². The lowest BCUT2D eigenvalue weighted by molar-refractivity contribution is -0.111. The lowest BCUT2D eigenvalue weighted by Gasteiger charge is -2.34. The van der Waals surface area contributed by atoms with Crippen molar-refractivity contribution in [1.29, 1.82) is 0 Å². The molecule has 37 heavy (non-hydrogen) atoms. The highest BCUT2D eigenvalue weighted by atomic mass is 16.1. The van der Waals surface area contributed by atoms with Gasteiger partial charge < -0.3 is 20.4 Å². The molecule has 1 aromatic heterocycles. The van der Waals surface area contributed by atoms with Crippen LogP contribution in [0.4, 0.5) is 28.7 Å². The van der Waals surface area contributed by atoms with Crippen LogP contribution >= 0.6 is 0 Å². The van der Waals surface area contributed by atoms with Gasteiger partial charge in [0.05, 0.1) is 12.1 Å². The van der Waals surface area contributed by atoms with Crippen molar-refractivity contribution in [3.8, 4) is 11.1 Å². The average molecular weight is 490 g/mol. The van der Waals surface area contributed by atoms with Crippen LogP contribution in [0.5, 0.6) is 0 Å². The number of hydrogen-bond donors (Lipinski definition) is 2. The van der Waals surface area contributed by atoms with Gasteiger partial charge in [0, 0.05) is 54.8 Å². The van der Waals surface area contributed by atoms with E-state index in [2.05, 4.69) is 56.0 Å². The molecule has 0 atom stereocenters. The van der Waals surface area contributed by atoms with Gasteiger partial charge in [0.15, 0.2) is 0 Å². The van der Waals surface area contributed by atoms with E-state index in [9.17, 15) is 4.79 Å². The first kappa shape index (κ1) is 24.0. The summed E-state index contributed by atoms with van der Waals surface area (Å²) in [6.07, 6.45) is 2.95. The Kier molecular flexibility index (Phi) is 6.79. The minimum atomic E-state index is -0.368. The van der Waals surface area contributed by atoms with Gasteiger partial charge in [0.25, 0.3) is 0 Å². The lowest BCUT2D eigenvalue weighted by atomic mass is 10.00. The monoisotopic (exact) mass is 489 g/mol. The van der Waals surface area contributed by atoms with Gasteiger partial charge in [-0.3, -0.25) is 4.79 Å². The summed E-state index contributed by atoms with van der Waals surface area (Å²) in [6, 6.07) is 19.5. The maximum Gasteiger partial charge on any atom is 0.246 e. The van der Waals surface area contributed by atoms with Crippen molar-refractivity contribution in [2.24, 2.45) is 0 Å². The number of fused-ring (bicyclic) bond motifs is 1. The molecule has 0 spiro atoms. The number of hydrogen-bond acceptors (Lipinski definition) is 6. The Bertz CT molecular complexity index is 1500. The van der Waals surface area contributed by atoms with Crippen molar-refractivity contribution >= 4 is 45.5 Å². The van der Waals surface area contributed by atoms with Crippen LogP contribution in [0.1, 0.15) is 0 Å². The summed E-state index contributed by atoms with van der Waals surface area (Å²) < 4.78 is 0. The van der Waals surface area contributed by atoms with Crippen LogP contribution in [0, 0.1) is 6.57 Å². The fraction of sp³-hybridized carbons (Fsp3) is 0.172. The molecule has 8 heteroatoms. The molecule has 2 heterocycles. The minimum absolute atomic E-state index is 0.345. The standard InChI is InChI=1S/C29H27N7O/c1-4-26(37)33-25-10-6-9-24(28(25)30-2)23-8-5-7-20-19-31-29(34-27(20)23)32-21-11-13-22(14-12-21)36-17-15-35(3)16-18-36/h4-14,19H,1,15-18H2,3H3,(H,33,37)(H,31,32,34). The zero-order valence-electron chi connectivity index (χ0n) is 20.6. The summed E-state index contributed by atoms with van der Waals surface area (Å²) in [5.41, 5.74) is 5.06. The van der Waals surface area contributed by atoms with E-state index in [1.807, 2.05) is 42.5 Å². The molecule has 8 nitrogen and oxygen atoms in total. The van der Waals surface area contributed by atoms with Crippen molar-refractivity contribution < 1.29 is 4.79 Å². The number of carbonyl (C=O) groups is 1. The highest BCUT2D eigenvalue weighted by Gasteiger charge is 2.16. The molecule has 1 saturated heterocycles. The smallest absolute Gasteiger partial charge is 0.246 e. The van der Waals surface area contributed by atoms with Crippen molar-refractivity contribution in [1.82, 2.24) is 14.9 Å². The van der Waals surface area contributed by atoms with Gasteiger partial charge in [0.2, 0.25) is 17.5 Å². The van der Waals surface area contributed by atoms with Crippen LogP contribution in [-0.2, 0) is 4.79 Å². The fourth-order valence-electron chi connectivity index (χ4n) is 4.45. The third kappa shape index (κ3) is 5.13. The number of carbonyl (C=O) groups excluding carboxylic acids is 1. The molecule has 5 rings (SSSR count). The Balaban J connectivity index is 1.45. The average Bonchev–Trinajstić information content (AvgIpc) is 2.93. The predicted molar refractivity (Wildman–Crippen MR) is 149 cm³/mol. The second-order valence-corrected chi connectivity index (χ2v) is 8.91. The maximum absolute atomic E-state index is 11.9. The Labute approximate surface area is 216 Å². The Hall–Kier alpha value is -4.74. The summed E-state index contributed by atoms with van der Waals surface area (Å²) in [5, 5.41) is 6.88. The van der Waals surface area contributed by atoms with Gasteiger partial charge in [-0.25, -0.2) is 14.8 Å². The van der Waals surface area contributed by atoms with Crippen LogP contribution in [0.15, 0.2) is 79.5 Å². The summed E-state index contributed by atoms with van der Waals surface area (Å²) in [7, 11) is 2.15. The molecule has 0 aliphatic carbocycles. The molecule has 1 fully saturated rings. The number of likely N-dealkylation sites (N-methyl/N-ethyl adjacent to an activating group) is 1. The summed E-state index contributed by atoms with van der Waals surface area (Å²) >= 11 is 0. The highest BCUT2D eigenvalue weighted by molar-refractivity contribution is 6.05. The minimum Gasteiger partial charge on any atom is -0.369 e. The normalized spacial score (nSPS) is 13.7. The molecule has 1 aliphatic rings. The van der Waals surface area contributed by atoms with Gasteiger partial charge in [-0.1, -0.05) is 36.9 Å². The molecule has 0 unspecified atom stereocenters. The SMILES string of the molecule is [C-]#[N+]c1c(NC(=O)C=C)cccc1-c1cccc2cnc(Nc3ccc(N4CCN(C)CC4)cc3)nc12.